The van der Waals surface area contributed by atoms with Crippen molar-refractivity contribution in [1.29, 1.82) is 0 Å². The van der Waals surface area contributed by atoms with E-state index in [9.17, 15) is 9.90 Å². The Bertz CT molecular complexity index is 574. The van der Waals surface area contributed by atoms with Crippen molar-refractivity contribution in [3.05, 3.63) is 18.5 Å². The van der Waals surface area contributed by atoms with Gasteiger partial charge >= 0.3 is 0 Å². The van der Waals surface area contributed by atoms with Gasteiger partial charge in [-0.1, -0.05) is 0 Å². The summed E-state index contributed by atoms with van der Waals surface area (Å²) >= 11 is 0. The molecule has 2 atom stereocenters. The van der Waals surface area contributed by atoms with E-state index in [1.807, 2.05) is 11.9 Å². The highest BCUT2D eigenvalue weighted by Crippen LogP contribution is 2.20. The van der Waals surface area contributed by atoms with Gasteiger partial charge in [-0.25, -0.2) is 9.97 Å². The Balaban J connectivity index is 0.000000758. The number of aliphatic hydroxyl groups is 1. The van der Waals surface area contributed by atoms with Crippen molar-refractivity contribution in [3.63, 3.8) is 0 Å². The van der Waals surface area contributed by atoms with Gasteiger partial charge in [0.15, 0.2) is 0 Å². The van der Waals surface area contributed by atoms with Crippen molar-refractivity contribution in [2.45, 2.75) is 18.9 Å². The molecule has 2 fully saturated rings. The summed E-state index contributed by atoms with van der Waals surface area (Å²) in [4.78, 5) is 35.9. The number of likely N-dealkylation sites (tertiary alicyclic amines) is 1. The van der Waals surface area contributed by atoms with Crippen LogP contribution in [0.15, 0.2) is 18.5 Å². The van der Waals surface area contributed by atoms with Gasteiger partial charge in [-0.2, -0.15) is 0 Å². The number of carbonyl (C=O) groups is 2. The first-order chi connectivity index (χ1) is 12.6. The third-order valence-corrected chi connectivity index (χ3v) is 4.74. The van der Waals surface area contributed by atoms with Crippen molar-refractivity contribution in [2.24, 2.45) is 5.92 Å². The fourth-order valence-electron chi connectivity index (χ4n) is 3.37. The Hall–Kier alpha value is -2.26. The molecule has 3 heterocycles. The minimum Gasteiger partial charge on any atom is -0.483 e. The zero-order valence-electron chi connectivity index (χ0n) is 15.1. The van der Waals surface area contributed by atoms with E-state index >= 15 is 0 Å². The van der Waals surface area contributed by atoms with E-state index in [-0.39, 0.29) is 18.3 Å². The first-order valence-electron chi connectivity index (χ1n) is 8.82. The lowest BCUT2D eigenvalue weighted by atomic mass is 9.93. The number of carbonyl (C=O) groups excluding carboxylic acids is 1. The molecule has 0 aliphatic carbocycles. The van der Waals surface area contributed by atoms with Crippen molar-refractivity contribution >= 4 is 18.3 Å². The smallest absolute Gasteiger partial charge is 0.290 e. The van der Waals surface area contributed by atoms with Gasteiger partial charge in [0.2, 0.25) is 11.9 Å². The molecule has 9 nitrogen and oxygen atoms in total. The summed E-state index contributed by atoms with van der Waals surface area (Å²) in [6.45, 7) is 4.21. The maximum absolute atomic E-state index is 12.8. The van der Waals surface area contributed by atoms with E-state index in [0.29, 0.717) is 19.5 Å². The standard InChI is InChI=1S/C16H25N5O2.CH2O2/c1-19-9-4-14(22)13(12-19)15(23)20-7-3-8-21(11-10-20)16-17-5-2-6-18-16;2-1-3/h2,5-6,13-14,22H,3-4,7-12H2,1H3;1H,(H,2,3)/t13-,14+;/m1./s1. The number of rotatable bonds is 2. The van der Waals surface area contributed by atoms with Gasteiger partial charge in [-0.05, 0) is 26.0 Å². The monoisotopic (exact) mass is 365 g/mol. The molecule has 0 spiro atoms. The van der Waals surface area contributed by atoms with Crippen LogP contribution in [0.5, 0.6) is 0 Å². The Kier molecular flexibility index (Phi) is 7.73. The predicted molar refractivity (Wildman–Crippen MR) is 95.7 cm³/mol. The Labute approximate surface area is 153 Å². The number of hydrogen-bond donors (Lipinski definition) is 2. The second kappa shape index (κ2) is 10.0. The zero-order chi connectivity index (χ0) is 18.9. The molecule has 2 aliphatic heterocycles. The van der Waals surface area contributed by atoms with Crippen molar-refractivity contribution in [3.8, 4) is 0 Å². The number of nitrogens with zero attached hydrogens (tertiary/aromatic N) is 5. The first-order valence-corrected chi connectivity index (χ1v) is 8.82. The largest absolute Gasteiger partial charge is 0.483 e. The van der Waals surface area contributed by atoms with E-state index in [1.54, 1.807) is 18.5 Å². The molecule has 2 saturated heterocycles. The van der Waals surface area contributed by atoms with Crippen LogP contribution in [0.25, 0.3) is 0 Å². The molecular weight excluding hydrogens is 338 g/mol. The van der Waals surface area contributed by atoms with Crippen LogP contribution in [-0.4, -0.2) is 94.8 Å². The van der Waals surface area contributed by atoms with Gasteiger partial charge in [0.1, 0.15) is 0 Å². The minimum atomic E-state index is -0.518. The molecule has 0 saturated carbocycles. The average Bonchev–Trinajstić information content (AvgIpc) is 2.91. The second-order valence-electron chi connectivity index (χ2n) is 6.54. The summed E-state index contributed by atoms with van der Waals surface area (Å²) in [5, 5.41) is 17.1. The number of piperidine rings is 1. The third-order valence-electron chi connectivity index (χ3n) is 4.74. The molecule has 144 valence electrons. The lowest BCUT2D eigenvalue weighted by Crippen LogP contribution is -2.50. The van der Waals surface area contributed by atoms with Gasteiger partial charge < -0.3 is 24.9 Å². The van der Waals surface area contributed by atoms with Crippen LogP contribution in [0.4, 0.5) is 5.95 Å². The normalized spacial score (nSPS) is 24.2. The van der Waals surface area contributed by atoms with Crippen LogP contribution in [0.2, 0.25) is 0 Å². The van der Waals surface area contributed by atoms with E-state index in [1.165, 1.54) is 0 Å². The van der Waals surface area contributed by atoms with E-state index in [4.69, 9.17) is 9.90 Å². The number of amides is 1. The number of hydrogen-bond acceptors (Lipinski definition) is 7. The topological polar surface area (TPSA) is 110 Å². The number of aromatic nitrogens is 2. The summed E-state index contributed by atoms with van der Waals surface area (Å²) in [6, 6.07) is 1.80. The Morgan fingerprint density at radius 2 is 1.88 bits per heavy atom. The summed E-state index contributed by atoms with van der Waals surface area (Å²) in [6.07, 6.45) is 4.53. The fourth-order valence-corrected chi connectivity index (χ4v) is 3.37. The van der Waals surface area contributed by atoms with Crippen LogP contribution in [0, 0.1) is 5.92 Å². The Morgan fingerprint density at radius 3 is 2.58 bits per heavy atom. The van der Waals surface area contributed by atoms with Gasteiger partial charge in [0.25, 0.3) is 6.47 Å². The quantitative estimate of drug-likeness (QED) is 0.677. The summed E-state index contributed by atoms with van der Waals surface area (Å²) in [7, 11) is 2.00. The van der Waals surface area contributed by atoms with Crippen molar-refractivity contribution < 1.29 is 19.8 Å². The predicted octanol–water partition coefficient (Wildman–Crippen LogP) is -0.471. The van der Waals surface area contributed by atoms with Crippen LogP contribution in [0.3, 0.4) is 0 Å². The number of aliphatic hydroxyl groups excluding tert-OH is 1. The average molecular weight is 365 g/mol. The summed E-state index contributed by atoms with van der Waals surface area (Å²) in [5.74, 6) is 0.507. The molecule has 0 radical (unpaired) electrons. The first kappa shape index (κ1) is 20.1. The van der Waals surface area contributed by atoms with Crippen LogP contribution < -0.4 is 4.90 Å². The van der Waals surface area contributed by atoms with Crippen LogP contribution in [0.1, 0.15) is 12.8 Å². The molecule has 2 aliphatic rings. The highest BCUT2D eigenvalue weighted by molar-refractivity contribution is 5.80. The highest BCUT2D eigenvalue weighted by Gasteiger charge is 2.35. The number of carboxylic acid groups (broad SMARTS) is 1. The summed E-state index contributed by atoms with van der Waals surface area (Å²) in [5.41, 5.74) is 0. The molecule has 0 aromatic carbocycles. The molecule has 2 N–H and O–H groups in total. The third kappa shape index (κ3) is 5.37. The molecule has 26 heavy (non-hydrogen) atoms. The maximum atomic E-state index is 12.8. The Morgan fingerprint density at radius 1 is 1.19 bits per heavy atom. The molecule has 1 aromatic rings. The molecular formula is C17H27N5O4. The lowest BCUT2D eigenvalue weighted by molar-refractivity contribution is -0.141. The van der Waals surface area contributed by atoms with Crippen LogP contribution in [-0.2, 0) is 9.59 Å². The zero-order valence-corrected chi connectivity index (χ0v) is 15.1. The van der Waals surface area contributed by atoms with Gasteiger partial charge in [-0.15, -0.1) is 0 Å². The van der Waals surface area contributed by atoms with Gasteiger partial charge in [0.05, 0.1) is 12.0 Å². The van der Waals surface area contributed by atoms with Crippen molar-refractivity contribution in [1.82, 2.24) is 19.8 Å². The molecule has 0 unspecified atom stereocenters. The molecule has 3 rings (SSSR count). The fraction of sp³-hybridized carbons (Fsp3) is 0.647. The minimum absolute atomic E-state index is 0.0832. The van der Waals surface area contributed by atoms with E-state index in [2.05, 4.69) is 19.8 Å². The van der Waals surface area contributed by atoms with E-state index in [0.717, 1.165) is 38.5 Å². The lowest BCUT2D eigenvalue weighted by Gasteiger charge is -2.35. The second-order valence-corrected chi connectivity index (χ2v) is 6.54. The van der Waals surface area contributed by atoms with E-state index < -0.39 is 6.10 Å². The van der Waals surface area contributed by atoms with Crippen LogP contribution >= 0.6 is 0 Å². The molecule has 1 amide bonds. The summed E-state index contributed by atoms with van der Waals surface area (Å²) < 4.78 is 0. The van der Waals surface area contributed by atoms with Gasteiger partial charge in [0, 0.05) is 51.7 Å². The SMILES string of the molecule is CN1CC[C@H](O)[C@H](C(=O)N2CCCN(c3ncccn3)CC2)C1.O=CO. The molecule has 9 heteroatoms. The molecule has 1 aromatic heterocycles. The highest BCUT2D eigenvalue weighted by atomic mass is 16.3. The molecule has 0 bridgehead atoms. The van der Waals surface area contributed by atoms with Gasteiger partial charge in [-0.3, -0.25) is 9.59 Å². The maximum Gasteiger partial charge on any atom is 0.290 e. The van der Waals surface area contributed by atoms with Crippen molar-refractivity contribution in [2.75, 3.05) is 51.2 Å². The number of anilines is 1.